The summed E-state index contributed by atoms with van der Waals surface area (Å²) < 4.78 is 5.60. The highest BCUT2D eigenvalue weighted by molar-refractivity contribution is 5.76. The molecule has 150 valence electrons. The SMILES string of the molecule is O=C(O)C(c1ccccc1)C1CC(Cc2ccccc2)CC(Cc2ccco2)C1. The normalized spacial score (nSPS) is 22.8. The van der Waals surface area contributed by atoms with Gasteiger partial charge in [0.15, 0.2) is 0 Å². The zero-order valence-corrected chi connectivity index (χ0v) is 16.6. The molecule has 29 heavy (non-hydrogen) atoms. The van der Waals surface area contributed by atoms with Gasteiger partial charge in [-0.2, -0.15) is 0 Å². The van der Waals surface area contributed by atoms with E-state index in [0.717, 1.165) is 43.4 Å². The predicted molar refractivity (Wildman–Crippen MR) is 114 cm³/mol. The van der Waals surface area contributed by atoms with Crippen LogP contribution in [-0.2, 0) is 17.6 Å². The summed E-state index contributed by atoms with van der Waals surface area (Å²) in [6, 6.07) is 24.3. The summed E-state index contributed by atoms with van der Waals surface area (Å²) in [6.07, 6.45) is 6.62. The summed E-state index contributed by atoms with van der Waals surface area (Å²) in [5.41, 5.74) is 2.25. The number of carboxylic acids is 1. The number of aliphatic carboxylic acids is 1. The molecule has 4 unspecified atom stereocenters. The number of rotatable bonds is 7. The number of carboxylic acid groups (broad SMARTS) is 1. The Bertz CT molecular complexity index is 886. The maximum absolute atomic E-state index is 12.3. The first-order chi connectivity index (χ1) is 14.2. The third-order valence-electron chi connectivity index (χ3n) is 6.27. The molecule has 0 radical (unpaired) electrons. The minimum Gasteiger partial charge on any atom is -0.481 e. The van der Waals surface area contributed by atoms with E-state index in [1.54, 1.807) is 6.26 Å². The molecule has 2 aromatic carbocycles. The molecule has 3 aromatic rings. The number of hydrogen-bond donors (Lipinski definition) is 1. The van der Waals surface area contributed by atoms with Gasteiger partial charge in [0.1, 0.15) is 5.76 Å². The van der Waals surface area contributed by atoms with Crippen molar-refractivity contribution in [2.45, 2.75) is 38.0 Å². The van der Waals surface area contributed by atoms with Crippen molar-refractivity contribution in [1.82, 2.24) is 0 Å². The fourth-order valence-corrected chi connectivity index (χ4v) is 5.16. The maximum atomic E-state index is 12.3. The summed E-state index contributed by atoms with van der Waals surface area (Å²) >= 11 is 0. The molecule has 0 saturated heterocycles. The van der Waals surface area contributed by atoms with E-state index in [1.807, 2.05) is 48.5 Å². The van der Waals surface area contributed by atoms with Crippen LogP contribution < -0.4 is 0 Å². The summed E-state index contributed by atoms with van der Waals surface area (Å²) in [4.78, 5) is 12.3. The number of hydrogen-bond acceptors (Lipinski definition) is 2. The van der Waals surface area contributed by atoms with E-state index in [4.69, 9.17) is 4.42 Å². The molecule has 4 rings (SSSR count). The minimum atomic E-state index is -0.710. The predicted octanol–water partition coefficient (Wildman–Crippen LogP) is 5.97. The molecule has 1 fully saturated rings. The number of furan rings is 1. The minimum absolute atomic E-state index is 0.136. The second-order valence-electron chi connectivity index (χ2n) is 8.40. The largest absolute Gasteiger partial charge is 0.481 e. The summed E-state index contributed by atoms with van der Waals surface area (Å²) in [7, 11) is 0. The summed E-state index contributed by atoms with van der Waals surface area (Å²) in [5.74, 6) is 0.908. The van der Waals surface area contributed by atoms with Gasteiger partial charge < -0.3 is 9.52 Å². The second kappa shape index (κ2) is 9.13. The Balaban J connectivity index is 1.57. The molecule has 0 bridgehead atoms. The lowest BCUT2D eigenvalue weighted by atomic mass is 9.66. The van der Waals surface area contributed by atoms with Gasteiger partial charge in [0.25, 0.3) is 0 Å². The molecular weight excluding hydrogens is 360 g/mol. The van der Waals surface area contributed by atoms with E-state index < -0.39 is 11.9 Å². The lowest BCUT2D eigenvalue weighted by Crippen LogP contribution is -2.32. The molecule has 1 aliphatic carbocycles. The maximum Gasteiger partial charge on any atom is 0.311 e. The van der Waals surface area contributed by atoms with E-state index in [9.17, 15) is 9.90 Å². The smallest absolute Gasteiger partial charge is 0.311 e. The van der Waals surface area contributed by atoms with Gasteiger partial charge in [-0.05, 0) is 66.7 Å². The van der Waals surface area contributed by atoms with Gasteiger partial charge in [0, 0.05) is 6.42 Å². The van der Waals surface area contributed by atoms with Crippen LogP contribution in [0.25, 0.3) is 0 Å². The van der Waals surface area contributed by atoms with Gasteiger partial charge in [-0.25, -0.2) is 0 Å². The fourth-order valence-electron chi connectivity index (χ4n) is 5.16. The molecular formula is C26H28O3. The molecule has 1 heterocycles. The Morgan fingerprint density at radius 1 is 0.862 bits per heavy atom. The monoisotopic (exact) mass is 388 g/mol. The van der Waals surface area contributed by atoms with Crippen molar-refractivity contribution in [2.24, 2.45) is 17.8 Å². The van der Waals surface area contributed by atoms with Crippen LogP contribution in [0.4, 0.5) is 0 Å². The average Bonchev–Trinajstić information content (AvgIpc) is 3.22. The third-order valence-corrected chi connectivity index (χ3v) is 6.27. The molecule has 1 aromatic heterocycles. The Morgan fingerprint density at radius 3 is 2.14 bits per heavy atom. The van der Waals surface area contributed by atoms with Crippen molar-refractivity contribution >= 4 is 5.97 Å². The Morgan fingerprint density at radius 2 is 1.52 bits per heavy atom. The van der Waals surface area contributed by atoms with Gasteiger partial charge >= 0.3 is 5.97 Å². The molecule has 3 heteroatoms. The van der Waals surface area contributed by atoms with Crippen LogP contribution in [0.15, 0.2) is 83.5 Å². The summed E-state index contributed by atoms with van der Waals surface area (Å²) in [5, 5.41) is 10.1. The third kappa shape index (κ3) is 4.97. The number of benzene rings is 2. The number of carbonyl (C=O) groups is 1. The Labute approximate surface area is 172 Å². The van der Waals surface area contributed by atoms with Gasteiger partial charge in [-0.3, -0.25) is 4.79 Å². The van der Waals surface area contributed by atoms with Crippen molar-refractivity contribution in [3.8, 4) is 0 Å². The molecule has 1 aliphatic rings. The second-order valence-corrected chi connectivity index (χ2v) is 8.40. The van der Waals surface area contributed by atoms with Crippen LogP contribution in [0.5, 0.6) is 0 Å². The molecule has 3 nitrogen and oxygen atoms in total. The topological polar surface area (TPSA) is 50.4 Å². The quantitative estimate of drug-likeness (QED) is 0.543. The first kappa shape index (κ1) is 19.5. The first-order valence-corrected chi connectivity index (χ1v) is 10.5. The van der Waals surface area contributed by atoms with Gasteiger partial charge in [-0.1, -0.05) is 60.7 Å². The highest BCUT2D eigenvalue weighted by Crippen LogP contribution is 2.43. The van der Waals surface area contributed by atoms with Crippen molar-refractivity contribution in [3.05, 3.63) is 95.9 Å². The van der Waals surface area contributed by atoms with Crippen molar-refractivity contribution in [3.63, 3.8) is 0 Å². The molecule has 0 amide bonds. The van der Waals surface area contributed by atoms with E-state index >= 15 is 0 Å². The van der Waals surface area contributed by atoms with Gasteiger partial charge in [0.2, 0.25) is 0 Å². The summed E-state index contributed by atoms with van der Waals surface area (Å²) in [6.45, 7) is 0. The molecule has 4 atom stereocenters. The lowest BCUT2D eigenvalue weighted by Gasteiger charge is -2.38. The van der Waals surface area contributed by atoms with Crippen LogP contribution in [0.3, 0.4) is 0 Å². The fraction of sp³-hybridized carbons (Fsp3) is 0.346. The molecule has 1 saturated carbocycles. The van der Waals surface area contributed by atoms with Crippen LogP contribution in [0.2, 0.25) is 0 Å². The van der Waals surface area contributed by atoms with E-state index in [1.165, 1.54) is 5.56 Å². The molecule has 0 spiro atoms. The zero-order valence-electron chi connectivity index (χ0n) is 16.6. The Hall–Kier alpha value is -2.81. The highest BCUT2D eigenvalue weighted by Gasteiger charge is 2.37. The van der Waals surface area contributed by atoms with E-state index in [0.29, 0.717) is 11.8 Å². The zero-order chi connectivity index (χ0) is 20.1. The van der Waals surface area contributed by atoms with Crippen LogP contribution in [0.1, 0.15) is 42.1 Å². The lowest BCUT2D eigenvalue weighted by molar-refractivity contribution is -0.140. The molecule has 1 N–H and O–H groups in total. The van der Waals surface area contributed by atoms with Crippen molar-refractivity contribution < 1.29 is 14.3 Å². The van der Waals surface area contributed by atoms with Gasteiger partial charge in [-0.15, -0.1) is 0 Å². The van der Waals surface area contributed by atoms with E-state index in [-0.39, 0.29) is 5.92 Å². The van der Waals surface area contributed by atoms with Crippen LogP contribution >= 0.6 is 0 Å². The standard InChI is InChI=1S/C26H28O3/c27-26(28)25(22-10-5-2-6-11-22)23-16-20(14-19-8-3-1-4-9-19)15-21(17-23)18-24-12-7-13-29-24/h1-13,20-21,23,25H,14-18H2,(H,27,28). The van der Waals surface area contributed by atoms with E-state index in [2.05, 4.69) is 24.3 Å². The Kier molecular flexibility index (Phi) is 6.14. The first-order valence-electron chi connectivity index (χ1n) is 10.5. The van der Waals surface area contributed by atoms with Crippen LogP contribution in [0, 0.1) is 17.8 Å². The van der Waals surface area contributed by atoms with Crippen molar-refractivity contribution in [2.75, 3.05) is 0 Å². The molecule has 0 aliphatic heterocycles. The average molecular weight is 389 g/mol. The van der Waals surface area contributed by atoms with Crippen molar-refractivity contribution in [1.29, 1.82) is 0 Å². The van der Waals surface area contributed by atoms with Crippen LogP contribution in [-0.4, -0.2) is 11.1 Å². The van der Waals surface area contributed by atoms with Gasteiger partial charge in [0.05, 0.1) is 12.2 Å². The highest BCUT2D eigenvalue weighted by atomic mass is 16.4.